The van der Waals surface area contributed by atoms with E-state index >= 15 is 0 Å². The summed E-state index contributed by atoms with van der Waals surface area (Å²) in [6, 6.07) is 0. The van der Waals surface area contributed by atoms with Gasteiger partial charge < -0.3 is 19.7 Å². The predicted octanol–water partition coefficient (Wildman–Crippen LogP) is 1.47. The molecular weight excluding hydrogens is 320 g/mol. The first-order chi connectivity index (χ1) is 10.9. The van der Waals surface area contributed by atoms with E-state index in [1.54, 1.807) is 0 Å². The number of carbonyl (C=O) groups excluding carboxylic acids is 2. The third-order valence-electron chi connectivity index (χ3n) is 2.83. The summed E-state index contributed by atoms with van der Waals surface area (Å²) in [5.41, 5.74) is -1.38. The van der Waals surface area contributed by atoms with Crippen molar-refractivity contribution in [1.29, 1.82) is 0 Å². The Morgan fingerprint density at radius 2 is 1.00 bits per heavy atom. The van der Waals surface area contributed by atoms with E-state index in [4.69, 9.17) is 9.47 Å². The molecule has 132 valence electrons. The SMILES string of the molecule is C=C(C)C(=O)OC(C)/C(C(=O)O)=C(/C(=O)O)C(C)OC(=O)C(=C)C. The molecule has 0 spiro atoms. The van der Waals surface area contributed by atoms with Crippen LogP contribution in [0.2, 0.25) is 0 Å². The van der Waals surface area contributed by atoms with Crippen LogP contribution >= 0.6 is 0 Å². The van der Waals surface area contributed by atoms with E-state index < -0.39 is 47.2 Å². The van der Waals surface area contributed by atoms with Crippen LogP contribution in [0.4, 0.5) is 0 Å². The maximum atomic E-state index is 11.5. The molecule has 0 aliphatic carbocycles. The predicted molar refractivity (Wildman–Crippen MR) is 83.0 cm³/mol. The lowest BCUT2D eigenvalue weighted by Crippen LogP contribution is -2.31. The first-order valence-electron chi connectivity index (χ1n) is 6.83. The van der Waals surface area contributed by atoms with Gasteiger partial charge in [-0.1, -0.05) is 13.2 Å². The minimum atomic E-state index is -1.62. The minimum Gasteiger partial charge on any atom is -0.478 e. The maximum Gasteiger partial charge on any atom is 0.336 e. The molecule has 0 saturated carbocycles. The van der Waals surface area contributed by atoms with Crippen LogP contribution < -0.4 is 0 Å². The number of esters is 2. The van der Waals surface area contributed by atoms with Crippen LogP contribution in [-0.2, 0) is 28.7 Å². The molecule has 8 heteroatoms. The van der Waals surface area contributed by atoms with E-state index in [1.165, 1.54) is 27.7 Å². The molecule has 0 aromatic heterocycles. The number of carboxylic acid groups (broad SMARTS) is 2. The van der Waals surface area contributed by atoms with Crippen LogP contribution in [0.25, 0.3) is 0 Å². The van der Waals surface area contributed by atoms with Gasteiger partial charge in [0, 0.05) is 11.1 Å². The number of aliphatic carboxylic acids is 2. The largest absolute Gasteiger partial charge is 0.478 e. The second kappa shape index (κ2) is 8.66. The lowest BCUT2D eigenvalue weighted by Gasteiger charge is -2.20. The Labute approximate surface area is 139 Å². The summed E-state index contributed by atoms with van der Waals surface area (Å²) >= 11 is 0. The highest BCUT2D eigenvalue weighted by molar-refractivity contribution is 6.01. The van der Waals surface area contributed by atoms with Crippen molar-refractivity contribution in [3.05, 3.63) is 35.5 Å². The zero-order chi connectivity index (χ0) is 19.2. The van der Waals surface area contributed by atoms with Gasteiger partial charge in [0.2, 0.25) is 0 Å². The summed E-state index contributed by atoms with van der Waals surface area (Å²) in [5, 5.41) is 18.6. The van der Waals surface area contributed by atoms with E-state index in [1.807, 2.05) is 0 Å². The number of ether oxygens (including phenoxy) is 2. The number of hydrogen-bond donors (Lipinski definition) is 2. The molecule has 2 N–H and O–H groups in total. The molecule has 0 aromatic rings. The van der Waals surface area contributed by atoms with Crippen LogP contribution in [0, 0.1) is 0 Å². The lowest BCUT2D eigenvalue weighted by molar-refractivity contribution is -0.147. The summed E-state index contributed by atoms with van der Waals surface area (Å²) in [4.78, 5) is 46.0. The standard InChI is InChI=1S/C16H20O8/c1-7(2)15(21)23-9(5)11(13(17)18)12(14(19)20)10(6)24-16(22)8(3)4/h9-10H,1,3H2,2,4-6H3,(H,17,18)(H,19,20)/b12-11-. The highest BCUT2D eigenvalue weighted by atomic mass is 16.6. The van der Waals surface area contributed by atoms with Gasteiger partial charge in [-0.15, -0.1) is 0 Å². The molecule has 8 nitrogen and oxygen atoms in total. The first kappa shape index (κ1) is 21.1. The fraction of sp³-hybridized carbons (Fsp3) is 0.375. The molecule has 0 heterocycles. The highest BCUT2D eigenvalue weighted by Gasteiger charge is 2.32. The van der Waals surface area contributed by atoms with Gasteiger partial charge in [0.25, 0.3) is 0 Å². The Morgan fingerprint density at radius 3 is 1.17 bits per heavy atom. The maximum absolute atomic E-state index is 11.5. The van der Waals surface area contributed by atoms with Gasteiger partial charge in [0.05, 0.1) is 11.1 Å². The Kier molecular flexibility index (Phi) is 7.61. The van der Waals surface area contributed by atoms with Crippen molar-refractivity contribution in [2.75, 3.05) is 0 Å². The van der Waals surface area contributed by atoms with Gasteiger partial charge >= 0.3 is 23.9 Å². The highest BCUT2D eigenvalue weighted by Crippen LogP contribution is 2.20. The third-order valence-corrected chi connectivity index (χ3v) is 2.83. The van der Waals surface area contributed by atoms with Crippen LogP contribution in [-0.4, -0.2) is 46.3 Å². The minimum absolute atomic E-state index is 0.0187. The molecular formula is C16H20O8. The average molecular weight is 340 g/mol. The summed E-state index contributed by atoms with van der Waals surface area (Å²) < 4.78 is 9.74. The zero-order valence-electron chi connectivity index (χ0n) is 13.9. The molecule has 24 heavy (non-hydrogen) atoms. The van der Waals surface area contributed by atoms with E-state index in [9.17, 15) is 29.4 Å². The second-order valence-corrected chi connectivity index (χ2v) is 5.09. The van der Waals surface area contributed by atoms with Crippen LogP contribution in [0.1, 0.15) is 27.7 Å². The first-order valence-corrected chi connectivity index (χ1v) is 6.83. The van der Waals surface area contributed by atoms with Crippen LogP contribution in [0.15, 0.2) is 35.5 Å². The summed E-state index contributed by atoms with van der Waals surface area (Å²) in [5.74, 6) is -4.99. The monoisotopic (exact) mass is 340 g/mol. The average Bonchev–Trinajstić information content (AvgIpc) is 2.42. The van der Waals surface area contributed by atoms with Gasteiger partial charge in [-0.3, -0.25) is 0 Å². The molecule has 0 rings (SSSR count). The zero-order valence-corrected chi connectivity index (χ0v) is 13.9. The van der Waals surface area contributed by atoms with E-state index in [-0.39, 0.29) is 11.1 Å². The Morgan fingerprint density at radius 1 is 0.750 bits per heavy atom. The molecule has 0 radical (unpaired) electrons. The third kappa shape index (κ3) is 5.71. The van der Waals surface area contributed by atoms with Crippen molar-refractivity contribution in [2.45, 2.75) is 39.9 Å². The molecule has 0 bridgehead atoms. The summed E-state index contributed by atoms with van der Waals surface area (Å²) in [6.45, 7) is 11.8. The van der Waals surface area contributed by atoms with Crippen molar-refractivity contribution in [3.8, 4) is 0 Å². The Balaban J connectivity index is 5.90. The normalized spacial score (nSPS) is 13.8. The number of rotatable bonds is 8. The van der Waals surface area contributed by atoms with Gasteiger partial charge in [0.1, 0.15) is 12.2 Å². The van der Waals surface area contributed by atoms with Crippen LogP contribution in [0.3, 0.4) is 0 Å². The van der Waals surface area contributed by atoms with Crippen molar-refractivity contribution in [1.82, 2.24) is 0 Å². The molecule has 2 atom stereocenters. The molecule has 0 amide bonds. The number of carbonyl (C=O) groups is 4. The van der Waals surface area contributed by atoms with Crippen molar-refractivity contribution < 1.29 is 38.9 Å². The summed E-state index contributed by atoms with van der Waals surface area (Å²) in [7, 11) is 0. The molecule has 0 fully saturated rings. The Hall–Kier alpha value is -2.90. The van der Waals surface area contributed by atoms with Crippen LogP contribution in [0.5, 0.6) is 0 Å². The van der Waals surface area contributed by atoms with E-state index in [0.717, 1.165) is 0 Å². The van der Waals surface area contributed by atoms with Crippen molar-refractivity contribution >= 4 is 23.9 Å². The van der Waals surface area contributed by atoms with E-state index in [0.29, 0.717) is 0 Å². The lowest BCUT2D eigenvalue weighted by atomic mass is 9.99. The molecule has 0 aromatic carbocycles. The summed E-state index contributed by atoms with van der Waals surface area (Å²) in [6.07, 6.45) is -2.80. The fourth-order valence-corrected chi connectivity index (χ4v) is 1.66. The van der Waals surface area contributed by atoms with Gasteiger partial charge in [-0.2, -0.15) is 0 Å². The van der Waals surface area contributed by atoms with Crippen molar-refractivity contribution in [3.63, 3.8) is 0 Å². The quantitative estimate of drug-likeness (QED) is 0.502. The van der Waals surface area contributed by atoms with Gasteiger partial charge in [0.15, 0.2) is 0 Å². The Bertz CT molecular complexity index is 572. The molecule has 0 saturated heterocycles. The number of carboxylic acids is 2. The van der Waals surface area contributed by atoms with E-state index in [2.05, 4.69) is 13.2 Å². The molecule has 2 unspecified atom stereocenters. The van der Waals surface area contributed by atoms with Gasteiger partial charge in [-0.25, -0.2) is 19.2 Å². The fourth-order valence-electron chi connectivity index (χ4n) is 1.66. The topological polar surface area (TPSA) is 127 Å². The second-order valence-electron chi connectivity index (χ2n) is 5.09. The molecule has 0 aliphatic heterocycles. The van der Waals surface area contributed by atoms with Crippen molar-refractivity contribution in [2.24, 2.45) is 0 Å². The van der Waals surface area contributed by atoms with Gasteiger partial charge in [-0.05, 0) is 27.7 Å². The molecule has 0 aliphatic rings. The number of hydrogen-bond acceptors (Lipinski definition) is 6. The smallest absolute Gasteiger partial charge is 0.336 e.